The van der Waals surface area contributed by atoms with Crippen molar-refractivity contribution in [1.82, 2.24) is 15.1 Å². The van der Waals surface area contributed by atoms with Gasteiger partial charge >= 0.3 is 0 Å². The van der Waals surface area contributed by atoms with E-state index in [4.69, 9.17) is 14.5 Å². The van der Waals surface area contributed by atoms with Gasteiger partial charge in [-0.3, -0.25) is 4.99 Å². The molecule has 1 unspecified atom stereocenters. The number of hydrogen-bond acceptors (Lipinski definition) is 4. The first kappa shape index (κ1) is 25.9. The van der Waals surface area contributed by atoms with E-state index in [2.05, 4.69) is 29.0 Å². The van der Waals surface area contributed by atoms with Gasteiger partial charge in [0, 0.05) is 59.1 Å². The molecule has 6 nitrogen and oxygen atoms in total. The Morgan fingerprint density at radius 3 is 2.54 bits per heavy atom. The Hall–Kier alpha value is -0.120. The number of hydrogen-bond donors (Lipinski definition) is 1. The molecular formula is C21H43IN4O2. The number of nitrogens with zero attached hydrogens (tertiary/aromatic N) is 3. The minimum atomic E-state index is 0. The maximum absolute atomic E-state index is 5.98. The second-order valence-electron chi connectivity index (χ2n) is 7.87. The average Bonchev–Trinajstić information content (AvgIpc) is 2.69. The Morgan fingerprint density at radius 2 is 1.86 bits per heavy atom. The minimum Gasteiger partial charge on any atom is -0.385 e. The highest BCUT2D eigenvalue weighted by atomic mass is 127. The Bertz CT molecular complexity index is 417. The minimum absolute atomic E-state index is 0. The van der Waals surface area contributed by atoms with Gasteiger partial charge in [0.1, 0.15) is 0 Å². The van der Waals surface area contributed by atoms with E-state index in [0.29, 0.717) is 6.10 Å². The monoisotopic (exact) mass is 510 g/mol. The maximum atomic E-state index is 5.98. The van der Waals surface area contributed by atoms with E-state index in [1.807, 2.05) is 0 Å². The van der Waals surface area contributed by atoms with Crippen molar-refractivity contribution in [2.75, 3.05) is 59.6 Å². The fourth-order valence-electron chi connectivity index (χ4n) is 4.06. The topological polar surface area (TPSA) is 49.3 Å². The fourth-order valence-corrected chi connectivity index (χ4v) is 4.06. The zero-order valence-electron chi connectivity index (χ0n) is 18.3. The smallest absolute Gasteiger partial charge is 0.193 e. The van der Waals surface area contributed by atoms with Crippen molar-refractivity contribution >= 4 is 29.9 Å². The summed E-state index contributed by atoms with van der Waals surface area (Å²) in [5.74, 6) is 1.09. The highest BCUT2D eigenvalue weighted by Gasteiger charge is 2.22. The predicted octanol–water partition coefficient (Wildman–Crippen LogP) is 3.35. The zero-order chi connectivity index (χ0) is 19.3. The van der Waals surface area contributed by atoms with Crippen LogP contribution in [-0.2, 0) is 9.47 Å². The molecule has 0 aromatic heterocycles. The van der Waals surface area contributed by atoms with Crippen LogP contribution in [0, 0.1) is 0 Å². The Balaban J connectivity index is 0.00000392. The lowest BCUT2D eigenvalue weighted by Crippen LogP contribution is -2.47. The molecule has 2 saturated heterocycles. The number of methoxy groups -OCH3 is 1. The number of guanidine groups is 1. The third-order valence-corrected chi connectivity index (χ3v) is 5.73. The molecule has 28 heavy (non-hydrogen) atoms. The normalized spacial score (nSPS) is 22.2. The molecule has 0 aliphatic carbocycles. The van der Waals surface area contributed by atoms with E-state index in [1.54, 1.807) is 7.11 Å². The van der Waals surface area contributed by atoms with E-state index < -0.39 is 0 Å². The molecule has 0 bridgehead atoms. The van der Waals surface area contributed by atoms with Crippen LogP contribution < -0.4 is 5.32 Å². The third kappa shape index (κ3) is 9.59. The van der Waals surface area contributed by atoms with E-state index in [-0.39, 0.29) is 24.0 Å². The van der Waals surface area contributed by atoms with Crippen LogP contribution in [0.4, 0.5) is 0 Å². The standard InChI is InChI=1S/C21H42N4O2.HI/c1-4-22-21(23-12-7-14-24-13-6-5-9-19(24)2)25-15-10-20(11-16-25)27-18-8-17-26-3;/h19-20H,4-18H2,1-3H3,(H,22,23);1H. The molecule has 0 radical (unpaired) electrons. The van der Waals surface area contributed by atoms with Crippen LogP contribution in [-0.4, -0.2) is 87.5 Å². The molecule has 2 aliphatic heterocycles. The van der Waals surface area contributed by atoms with Gasteiger partial charge in [-0.2, -0.15) is 0 Å². The number of nitrogens with one attached hydrogen (secondary N) is 1. The molecule has 2 rings (SSSR count). The first-order chi connectivity index (χ1) is 13.2. The van der Waals surface area contributed by atoms with Crippen molar-refractivity contribution in [3.8, 4) is 0 Å². The Labute approximate surface area is 189 Å². The lowest BCUT2D eigenvalue weighted by Gasteiger charge is -2.34. The summed E-state index contributed by atoms with van der Waals surface area (Å²) >= 11 is 0. The lowest BCUT2D eigenvalue weighted by molar-refractivity contribution is 0.00990. The number of halogens is 1. The summed E-state index contributed by atoms with van der Waals surface area (Å²) in [4.78, 5) is 9.95. The molecule has 0 saturated carbocycles. The van der Waals surface area contributed by atoms with Gasteiger partial charge in [-0.05, 0) is 58.9 Å². The molecule has 2 fully saturated rings. The Kier molecular flexibility index (Phi) is 14.5. The van der Waals surface area contributed by atoms with Gasteiger partial charge in [0.2, 0.25) is 0 Å². The molecule has 0 aromatic rings. The summed E-state index contributed by atoms with van der Waals surface area (Å²) in [5.41, 5.74) is 0. The van der Waals surface area contributed by atoms with E-state index in [1.165, 1.54) is 32.4 Å². The van der Waals surface area contributed by atoms with Crippen LogP contribution in [0.15, 0.2) is 4.99 Å². The van der Waals surface area contributed by atoms with E-state index in [0.717, 1.165) is 77.1 Å². The number of rotatable bonds is 10. The second kappa shape index (κ2) is 15.7. The predicted molar refractivity (Wildman–Crippen MR) is 128 cm³/mol. The van der Waals surface area contributed by atoms with Crippen LogP contribution in [0.5, 0.6) is 0 Å². The van der Waals surface area contributed by atoms with Gasteiger partial charge in [0.05, 0.1) is 6.10 Å². The lowest BCUT2D eigenvalue weighted by atomic mass is 10.0. The number of aliphatic imine (C=N–C) groups is 1. The van der Waals surface area contributed by atoms with Crippen LogP contribution >= 0.6 is 24.0 Å². The number of ether oxygens (including phenoxy) is 2. The van der Waals surface area contributed by atoms with Gasteiger partial charge in [-0.1, -0.05) is 6.42 Å². The molecule has 166 valence electrons. The molecule has 0 aromatic carbocycles. The summed E-state index contributed by atoms with van der Waals surface area (Å²) in [6.45, 7) is 12.5. The van der Waals surface area contributed by atoms with Crippen LogP contribution in [0.1, 0.15) is 58.8 Å². The van der Waals surface area contributed by atoms with Crippen molar-refractivity contribution in [3.63, 3.8) is 0 Å². The Morgan fingerprint density at radius 1 is 1.07 bits per heavy atom. The van der Waals surface area contributed by atoms with E-state index >= 15 is 0 Å². The van der Waals surface area contributed by atoms with E-state index in [9.17, 15) is 0 Å². The molecular weight excluding hydrogens is 467 g/mol. The first-order valence-electron chi connectivity index (χ1n) is 11.1. The van der Waals surface area contributed by atoms with Crippen molar-refractivity contribution in [3.05, 3.63) is 0 Å². The summed E-state index contributed by atoms with van der Waals surface area (Å²) in [5, 5.41) is 3.48. The fraction of sp³-hybridized carbons (Fsp3) is 0.952. The highest BCUT2D eigenvalue weighted by Crippen LogP contribution is 2.17. The van der Waals surface area contributed by atoms with Gasteiger partial charge in [0.15, 0.2) is 5.96 Å². The average molecular weight is 511 g/mol. The van der Waals surface area contributed by atoms with Crippen molar-refractivity contribution in [2.45, 2.75) is 70.9 Å². The summed E-state index contributed by atoms with van der Waals surface area (Å²) < 4.78 is 11.1. The molecule has 2 heterocycles. The van der Waals surface area contributed by atoms with Gasteiger partial charge in [0.25, 0.3) is 0 Å². The van der Waals surface area contributed by atoms with Crippen molar-refractivity contribution < 1.29 is 9.47 Å². The van der Waals surface area contributed by atoms with Gasteiger partial charge in [-0.25, -0.2) is 0 Å². The van der Waals surface area contributed by atoms with Crippen molar-refractivity contribution in [1.29, 1.82) is 0 Å². The highest BCUT2D eigenvalue weighted by molar-refractivity contribution is 14.0. The number of piperidine rings is 2. The molecule has 7 heteroatoms. The zero-order valence-corrected chi connectivity index (χ0v) is 20.7. The third-order valence-electron chi connectivity index (χ3n) is 5.73. The SMILES string of the molecule is CCNC(=NCCCN1CCCCC1C)N1CCC(OCCCOC)CC1.I. The summed E-state index contributed by atoms with van der Waals surface area (Å²) in [6.07, 6.45) is 8.81. The quantitative estimate of drug-likeness (QED) is 0.212. The first-order valence-corrected chi connectivity index (χ1v) is 11.1. The molecule has 0 spiro atoms. The molecule has 2 aliphatic rings. The van der Waals surface area contributed by atoms with Crippen LogP contribution in [0.25, 0.3) is 0 Å². The van der Waals surface area contributed by atoms with Gasteiger partial charge < -0.3 is 24.6 Å². The molecule has 0 amide bonds. The summed E-state index contributed by atoms with van der Waals surface area (Å²) in [7, 11) is 1.74. The molecule has 1 N–H and O–H groups in total. The van der Waals surface area contributed by atoms with Crippen molar-refractivity contribution in [2.24, 2.45) is 4.99 Å². The second-order valence-corrected chi connectivity index (χ2v) is 7.87. The van der Waals surface area contributed by atoms with Gasteiger partial charge in [-0.15, -0.1) is 24.0 Å². The van der Waals surface area contributed by atoms with Crippen LogP contribution in [0.3, 0.4) is 0 Å². The molecule has 1 atom stereocenters. The maximum Gasteiger partial charge on any atom is 0.193 e. The van der Waals surface area contributed by atoms with Crippen LogP contribution in [0.2, 0.25) is 0 Å². The summed E-state index contributed by atoms with van der Waals surface area (Å²) in [6, 6.07) is 0.749. The number of likely N-dealkylation sites (tertiary alicyclic amines) is 2. The largest absolute Gasteiger partial charge is 0.385 e.